The number of nitro groups is 1. The number of sulfonamides is 1. The first-order chi connectivity index (χ1) is 10.2. The highest BCUT2D eigenvalue weighted by Gasteiger charge is 2.18. The third-order valence-electron chi connectivity index (χ3n) is 2.63. The smallest absolute Gasteiger partial charge is 0.269 e. The molecule has 0 bridgehead atoms. The highest BCUT2D eigenvalue weighted by atomic mass is 32.2. The van der Waals surface area contributed by atoms with E-state index in [0.717, 1.165) is 24.3 Å². The summed E-state index contributed by atoms with van der Waals surface area (Å²) in [6.07, 6.45) is 0. The van der Waals surface area contributed by atoms with Crippen LogP contribution in [0.3, 0.4) is 0 Å². The zero-order valence-electron chi connectivity index (χ0n) is 10.7. The number of non-ortho nitro benzene ring substituents is 1. The van der Waals surface area contributed by atoms with E-state index >= 15 is 0 Å². The van der Waals surface area contributed by atoms with E-state index in [1.807, 2.05) is 4.72 Å². The van der Waals surface area contributed by atoms with Crippen molar-refractivity contribution < 1.29 is 27.2 Å². The van der Waals surface area contributed by atoms with Gasteiger partial charge in [-0.2, -0.15) is 0 Å². The molecule has 2 rings (SSSR count). The summed E-state index contributed by atoms with van der Waals surface area (Å²) < 4.78 is 52.2. The first-order valence-electron chi connectivity index (χ1n) is 5.66. The highest BCUT2D eigenvalue weighted by Crippen LogP contribution is 2.26. The number of rotatable bonds is 4. The van der Waals surface area contributed by atoms with Crippen molar-refractivity contribution in [2.24, 2.45) is 0 Å². The van der Waals surface area contributed by atoms with Crippen LogP contribution in [0.25, 0.3) is 0 Å². The number of anilines is 1. The Morgan fingerprint density at radius 3 is 2.05 bits per heavy atom. The second-order valence-electron chi connectivity index (χ2n) is 4.15. The number of nitro benzene ring substituents is 1. The van der Waals surface area contributed by atoms with Gasteiger partial charge in [-0.15, -0.1) is 0 Å². The van der Waals surface area contributed by atoms with Crippen molar-refractivity contribution in [3.8, 4) is 5.75 Å². The van der Waals surface area contributed by atoms with Gasteiger partial charge >= 0.3 is 0 Å². The molecule has 0 fully saturated rings. The topological polar surface area (TPSA) is 110 Å². The van der Waals surface area contributed by atoms with Gasteiger partial charge in [-0.1, -0.05) is 0 Å². The number of phenols is 1. The molecular formula is C12H8F2N2O5S. The van der Waals surface area contributed by atoms with Gasteiger partial charge in [0.15, 0.2) is 17.4 Å². The lowest BCUT2D eigenvalue weighted by molar-refractivity contribution is -0.384. The average Bonchev–Trinajstić information content (AvgIpc) is 2.44. The normalized spacial score (nSPS) is 11.2. The Morgan fingerprint density at radius 1 is 1.09 bits per heavy atom. The number of benzene rings is 2. The Morgan fingerprint density at radius 2 is 1.59 bits per heavy atom. The molecule has 0 aliphatic rings. The number of nitrogens with one attached hydrogen (secondary N) is 1. The number of phenolic OH excluding ortho intramolecular Hbond substituents is 1. The third-order valence-corrected chi connectivity index (χ3v) is 4.02. The maximum atomic E-state index is 13.2. The van der Waals surface area contributed by atoms with E-state index in [-0.39, 0.29) is 10.6 Å². The molecule has 0 saturated heterocycles. The molecule has 22 heavy (non-hydrogen) atoms. The molecule has 2 aromatic rings. The van der Waals surface area contributed by atoms with E-state index in [4.69, 9.17) is 5.11 Å². The first-order valence-corrected chi connectivity index (χ1v) is 7.14. The van der Waals surface area contributed by atoms with E-state index in [1.165, 1.54) is 0 Å². The van der Waals surface area contributed by atoms with Gasteiger partial charge in [-0.3, -0.25) is 14.8 Å². The van der Waals surface area contributed by atoms with E-state index in [1.54, 1.807) is 0 Å². The zero-order chi connectivity index (χ0) is 16.5. The van der Waals surface area contributed by atoms with Crippen molar-refractivity contribution in [3.63, 3.8) is 0 Å². The molecule has 7 nitrogen and oxygen atoms in total. The minimum atomic E-state index is -4.19. The van der Waals surface area contributed by atoms with Crippen LogP contribution in [-0.2, 0) is 10.0 Å². The maximum Gasteiger partial charge on any atom is 0.269 e. The Labute approximate surface area is 123 Å². The fraction of sp³-hybridized carbons (Fsp3) is 0. The summed E-state index contributed by atoms with van der Waals surface area (Å²) in [5.41, 5.74) is -0.744. The fourth-order valence-electron chi connectivity index (χ4n) is 1.59. The molecule has 0 atom stereocenters. The summed E-state index contributed by atoms with van der Waals surface area (Å²) in [5, 5.41) is 19.4. The van der Waals surface area contributed by atoms with Crippen LogP contribution in [0.15, 0.2) is 41.3 Å². The molecule has 2 N–H and O–H groups in total. The summed E-state index contributed by atoms with van der Waals surface area (Å²) in [6.45, 7) is 0. The minimum Gasteiger partial charge on any atom is -0.503 e. The predicted octanol–water partition coefficient (Wildman–Crippen LogP) is 2.38. The van der Waals surface area contributed by atoms with Gasteiger partial charge in [0.05, 0.1) is 15.5 Å². The fourth-order valence-corrected chi connectivity index (χ4v) is 2.63. The largest absolute Gasteiger partial charge is 0.503 e. The van der Waals surface area contributed by atoms with Crippen molar-refractivity contribution in [1.82, 2.24) is 0 Å². The van der Waals surface area contributed by atoms with Crippen molar-refractivity contribution >= 4 is 21.4 Å². The summed E-state index contributed by atoms with van der Waals surface area (Å²) in [4.78, 5) is 9.47. The van der Waals surface area contributed by atoms with Gasteiger partial charge < -0.3 is 5.11 Å². The zero-order valence-corrected chi connectivity index (χ0v) is 11.5. The van der Waals surface area contributed by atoms with Gasteiger partial charge in [0.25, 0.3) is 15.7 Å². The summed E-state index contributed by atoms with van der Waals surface area (Å²) in [6, 6.07) is 5.11. The van der Waals surface area contributed by atoms with Crippen molar-refractivity contribution in [2.45, 2.75) is 4.90 Å². The van der Waals surface area contributed by atoms with Crippen LogP contribution in [-0.4, -0.2) is 18.4 Å². The number of hydrogen-bond donors (Lipinski definition) is 2. The Hall–Kier alpha value is -2.75. The molecule has 116 valence electrons. The summed E-state index contributed by atoms with van der Waals surface area (Å²) >= 11 is 0. The number of halogens is 2. The molecule has 0 saturated carbocycles. The Bertz CT molecular complexity index is 814. The number of nitrogens with zero attached hydrogens (tertiary/aromatic N) is 1. The quantitative estimate of drug-likeness (QED) is 0.508. The predicted molar refractivity (Wildman–Crippen MR) is 71.9 cm³/mol. The van der Waals surface area contributed by atoms with Crippen molar-refractivity contribution in [3.05, 3.63) is 58.1 Å². The standard InChI is InChI=1S/C12H8F2N2O5S/c13-10-5-7(6-11(14)12(10)17)15-22(20,21)9-3-1-8(2-4-9)16(18)19/h1-6,15,17H. The van der Waals surface area contributed by atoms with Gasteiger partial charge in [0.2, 0.25) is 0 Å². The molecular weight excluding hydrogens is 322 g/mol. The van der Waals surface area contributed by atoms with E-state index in [0.29, 0.717) is 12.1 Å². The van der Waals surface area contributed by atoms with Crippen LogP contribution in [0.4, 0.5) is 20.2 Å². The van der Waals surface area contributed by atoms with E-state index in [9.17, 15) is 27.3 Å². The lowest BCUT2D eigenvalue weighted by Crippen LogP contribution is -2.13. The molecule has 0 unspecified atom stereocenters. The molecule has 0 aromatic heterocycles. The molecule has 0 radical (unpaired) electrons. The molecule has 0 spiro atoms. The lowest BCUT2D eigenvalue weighted by atomic mass is 10.3. The number of hydrogen-bond acceptors (Lipinski definition) is 5. The van der Waals surface area contributed by atoms with Crippen LogP contribution in [0.5, 0.6) is 5.75 Å². The highest BCUT2D eigenvalue weighted by molar-refractivity contribution is 7.92. The molecule has 0 heterocycles. The molecule has 10 heteroatoms. The molecule has 2 aromatic carbocycles. The monoisotopic (exact) mass is 330 g/mol. The lowest BCUT2D eigenvalue weighted by Gasteiger charge is -2.09. The van der Waals surface area contributed by atoms with Gasteiger partial charge in [0.1, 0.15) is 0 Å². The second-order valence-corrected chi connectivity index (χ2v) is 5.83. The average molecular weight is 330 g/mol. The summed E-state index contributed by atoms with van der Waals surface area (Å²) in [7, 11) is -4.19. The minimum absolute atomic E-state index is 0.305. The van der Waals surface area contributed by atoms with E-state index < -0.39 is 38.0 Å². The molecule has 0 aliphatic carbocycles. The van der Waals surface area contributed by atoms with Crippen LogP contribution in [0.1, 0.15) is 0 Å². The molecule has 0 amide bonds. The van der Waals surface area contributed by atoms with Crippen LogP contribution < -0.4 is 4.72 Å². The van der Waals surface area contributed by atoms with Gasteiger partial charge in [0, 0.05) is 24.3 Å². The maximum absolute atomic E-state index is 13.2. The van der Waals surface area contributed by atoms with Crippen LogP contribution >= 0.6 is 0 Å². The first kappa shape index (κ1) is 15.6. The number of aromatic hydroxyl groups is 1. The van der Waals surface area contributed by atoms with Gasteiger partial charge in [-0.25, -0.2) is 17.2 Å². The van der Waals surface area contributed by atoms with Gasteiger partial charge in [-0.05, 0) is 12.1 Å². The Kier molecular flexibility index (Phi) is 3.95. The third kappa shape index (κ3) is 3.11. The van der Waals surface area contributed by atoms with E-state index in [2.05, 4.69) is 0 Å². The SMILES string of the molecule is O=[N+]([O-])c1ccc(S(=O)(=O)Nc2cc(F)c(O)c(F)c2)cc1. The summed E-state index contributed by atoms with van der Waals surface area (Å²) in [5.74, 6) is -3.89. The van der Waals surface area contributed by atoms with Crippen LogP contribution in [0.2, 0.25) is 0 Å². The van der Waals surface area contributed by atoms with Crippen molar-refractivity contribution in [1.29, 1.82) is 0 Å². The second kappa shape index (κ2) is 5.56. The van der Waals surface area contributed by atoms with Crippen molar-refractivity contribution in [2.75, 3.05) is 4.72 Å². The Balaban J connectivity index is 2.33. The van der Waals surface area contributed by atoms with Crippen LogP contribution in [0, 0.1) is 21.7 Å². The molecule has 0 aliphatic heterocycles.